The molecule has 6 rings (SSSR count). The summed E-state index contributed by atoms with van der Waals surface area (Å²) in [6.45, 7) is 0. The second kappa shape index (κ2) is 13.1. The SMILES string of the molecule is COc1ccc(-c2cc([P+](c3ccccc3)(c3ccccc3)c3ccccc3)c(-c3ccccc3)o2)cc1.F[B-](F)(F)F. The van der Waals surface area contributed by atoms with Gasteiger partial charge in [0.05, 0.1) is 7.11 Å². The number of furan rings is 1. The third-order valence-electron chi connectivity index (χ3n) is 6.91. The molecule has 5 aromatic carbocycles. The first kappa shape index (κ1) is 29.9. The summed E-state index contributed by atoms with van der Waals surface area (Å²) in [6, 6.07) is 53.5. The predicted octanol–water partition coefficient (Wildman–Crippen LogP) is 8.54. The highest BCUT2D eigenvalue weighted by Gasteiger charge is 2.51. The minimum Gasteiger partial charge on any atom is -0.497 e. The van der Waals surface area contributed by atoms with Gasteiger partial charge in [-0.1, -0.05) is 84.9 Å². The number of ether oxygens (including phenoxy) is 1. The van der Waals surface area contributed by atoms with E-state index in [1.165, 1.54) is 21.2 Å². The van der Waals surface area contributed by atoms with E-state index in [0.29, 0.717) is 0 Å². The van der Waals surface area contributed by atoms with Crippen molar-refractivity contribution in [2.24, 2.45) is 0 Å². The molecule has 0 fully saturated rings. The highest BCUT2D eigenvalue weighted by atomic mass is 31.2. The zero-order valence-electron chi connectivity index (χ0n) is 23.3. The van der Waals surface area contributed by atoms with Crippen LogP contribution in [0.25, 0.3) is 22.6 Å². The molecule has 0 aliphatic heterocycles. The number of halogens is 4. The van der Waals surface area contributed by atoms with Gasteiger partial charge in [0.1, 0.15) is 34.7 Å². The van der Waals surface area contributed by atoms with Gasteiger partial charge in [-0.2, -0.15) is 0 Å². The lowest BCUT2D eigenvalue weighted by Crippen LogP contribution is -2.38. The van der Waals surface area contributed by atoms with Crippen LogP contribution in [-0.4, -0.2) is 14.4 Å². The predicted molar refractivity (Wildman–Crippen MR) is 171 cm³/mol. The van der Waals surface area contributed by atoms with E-state index in [0.717, 1.165) is 28.4 Å². The summed E-state index contributed by atoms with van der Waals surface area (Å²) in [5, 5.41) is 5.07. The Morgan fingerprint density at radius 2 is 0.930 bits per heavy atom. The fourth-order valence-electron chi connectivity index (χ4n) is 5.14. The van der Waals surface area contributed by atoms with Crippen molar-refractivity contribution >= 4 is 35.7 Å². The molecule has 0 aliphatic rings. The first-order valence-corrected chi connectivity index (χ1v) is 15.4. The molecular weight excluding hydrogens is 570 g/mol. The van der Waals surface area contributed by atoms with Crippen LogP contribution < -0.4 is 26.0 Å². The molecule has 0 N–H and O–H groups in total. The van der Waals surface area contributed by atoms with E-state index in [2.05, 4.69) is 133 Å². The summed E-state index contributed by atoms with van der Waals surface area (Å²) in [5.74, 6) is 2.57. The van der Waals surface area contributed by atoms with Crippen LogP contribution in [0.5, 0.6) is 5.75 Å². The molecule has 0 aliphatic carbocycles. The average Bonchev–Trinajstić information content (AvgIpc) is 3.48. The zero-order valence-corrected chi connectivity index (χ0v) is 24.2. The quantitative estimate of drug-likeness (QED) is 0.104. The molecule has 1 aromatic heterocycles. The first-order chi connectivity index (χ1) is 20.8. The molecule has 0 saturated carbocycles. The lowest BCUT2D eigenvalue weighted by Gasteiger charge is -2.27. The minimum absolute atomic E-state index is 0.823. The van der Waals surface area contributed by atoms with Crippen LogP contribution in [0, 0.1) is 0 Å². The Bertz CT molecular complexity index is 1620. The summed E-state index contributed by atoms with van der Waals surface area (Å²) < 4.78 is 51.2. The maximum Gasteiger partial charge on any atom is 0.673 e. The number of hydrogen-bond acceptors (Lipinski definition) is 2. The Morgan fingerprint density at radius 3 is 1.33 bits per heavy atom. The first-order valence-electron chi connectivity index (χ1n) is 13.6. The number of hydrogen-bond donors (Lipinski definition) is 0. The van der Waals surface area contributed by atoms with Gasteiger partial charge in [0.15, 0.2) is 11.1 Å². The normalized spacial score (nSPS) is 11.4. The number of methoxy groups -OCH3 is 1. The van der Waals surface area contributed by atoms with Crippen molar-refractivity contribution in [3.05, 3.63) is 152 Å². The average molecular weight is 598 g/mol. The number of rotatable bonds is 7. The topological polar surface area (TPSA) is 22.4 Å². The van der Waals surface area contributed by atoms with E-state index in [1.807, 2.05) is 18.2 Å². The van der Waals surface area contributed by atoms with Gasteiger partial charge in [0.2, 0.25) is 0 Å². The summed E-state index contributed by atoms with van der Waals surface area (Å²) >= 11 is 0. The molecule has 1 heterocycles. The molecule has 216 valence electrons. The molecule has 2 nitrogen and oxygen atoms in total. The fraction of sp³-hybridized carbons (Fsp3) is 0.0286. The van der Waals surface area contributed by atoms with E-state index in [-0.39, 0.29) is 0 Å². The van der Waals surface area contributed by atoms with Crippen molar-refractivity contribution in [1.29, 1.82) is 0 Å². The maximum absolute atomic E-state index is 9.75. The smallest absolute Gasteiger partial charge is 0.497 e. The highest BCUT2D eigenvalue weighted by Crippen LogP contribution is 2.57. The van der Waals surface area contributed by atoms with Crippen LogP contribution in [0.2, 0.25) is 0 Å². The Balaban J connectivity index is 0.000000682. The van der Waals surface area contributed by atoms with Gasteiger partial charge in [0, 0.05) is 17.2 Å². The maximum atomic E-state index is 9.75. The Labute approximate surface area is 249 Å². The molecule has 0 atom stereocenters. The monoisotopic (exact) mass is 598 g/mol. The van der Waals surface area contributed by atoms with Crippen LogP contribution in [0.3, 0.4) is 0 Å². The van der Waals surface area contributed by atoms with Gasteiger partial charge < -0.3 is 26.4 Å². The Hall–Kier alpha value is -4.61. The molecule has 0 radical (unpaired) electrons. The van der Waals surface area contributed by atoms with Gasteiger partial charge in [-0.05, 0) is 60.7 Å². The minimum atomic E-state index is -6.00. The van der Waals surface area contributed by atoms with Gasteiger partial charge >= 0.3 is 7.25 Å². The van der Waals surface area contributed by atoms with E-state index in [9.17, 15) is 17.3 Å². The lowest BCUT2D eigenvalue weighted by molar-refractivity contribution is 0.368. The number of benzene rings is 5. The van der Waals surface area contributed by atoms with Crippen molar-refractivity contribution in [3.8, 4) is 28.4 Å². The van der Waals surface area contributed by atoms with E-state index < -0.39 is 14.5 Å². The molecule has 0 bridgehead atoms. The van der Waals surface area contributed by atoms with Crippen molar-refractivity contribution in [2.45, 2.75) is 0 Å². The van der Waals surface area contributed by atoms with Crippen LogP contribution >= 0.6 is 7.26 Å². The summed E-state index contributed by atoms with van der Waals surface area (Å²) in [5.41, 5.74) is 2.08. The van der Waals surface area contributed by atoms with Gasteiger partial charge in [-0.15, -0.1) is 0 Å². The standard InChI is InChI=1S/C35H28O2P.BF4/c1-36-29-24-22-27(23-25-29)33-26-34(35(37-33)28-14-6-2-7-15-28)38(30-16-8-3-9-17-30,31-18-10-4-11-19-31)32-20-12-5-13-21-32;2-1(3,4)5/h2-26H,1H3;/q+1;-1. The van der Waals surface area contributed by atoms with Crippen molar-refractivity contribution in [1.82, 2.24) is 0 Å². The molecule has 0 unspecified atom stereocenters. The molecular formula is C35H28BF4O2P. The van der Waals surface area contributed by atoms with Gasteiger partial charge in [-0.3, -0.25) is 0 Å². The lowest BCUT2D eigenvalue weighted by atomic mass is 10.1. The van der Waals surface area contributed by atoms with Crippen molar-refractivity contribution in [3.63, 3.8) is 0 Å². The molecule has 8 heteroatoms. The van der Waals surface area contributed by atoms with E-state index in [1.54, 1.807) is 7.11 Å². The van der Waals surface area contributed by atoms with E-state index in [4.69, 9.17) is 9.15 Å². The summed E-state index contributed by atoms with van der Waals surface area (Å²) in [7, 11) is -6.66. The van der Waals surface area contributed by atoms with Gasteiger partial charge in [0.25, 0.3) is 0 Å². The highest BCUT2D eigenvalue weighted by molar-refractivity contribution is 8.01. The second-order valence-corrected chi connectivity index (χ2v) is 13.0. The van der Waals surface area contributed by atoms with Gasteiger partial charge in [-0.25, -0.2) is 0 Å². The molecule has 0 saturated heterocycles. The molecule has 6 aromatic rings. The van der Waals surface area contributed by atoms with Crippen LogP contribution in [0.1, 0.15) is 0 Å². The van der Waals surface area contributed by atoms with Crippen molar-refractivity contribution < 1.29 is 26.4 Å². The van der Waals surface area contributed by atoms with Crippen LogP contribution in [-0.2, 0) is 0 Å². The molecule has 0 spiro atoms. The fourth-order valence-corrected chi connectivity index (χ4v) is 9.52. The Kier molecular flexibility index (Phi) is 9.13. The van der Waals surface area contributed by atoms with Crippen LogP contribution in [0.15, 0.2) is 156 Å². The third-order valence-corrected chi connectivity index (χ3v) is 11.2. The molecule has 43 heavy (non-hydrogen) atoms. The van der Waals surface area contributed by atoms with Crippen molar-refractivity contribution in [2.75, 3.05) is 7.11 Å². The zero-order chi connectivity index (χ0) is 30.3. The van der Waals surface area contributed by atoms with E-state index >= 15 is 0 Å². The summed E-state index contributed by atoms with van der Waals surface area (Å²) in [4.78, 5) is 0. The third kappa shape index (κ3) is 6.74. The second-order valence-electron chi connectivity index (χ2n) is 9.59. The van der Waals surface area contributed by atoms with Crippen LogP contribution in [0.4, 0.5) is 17.3 Å². The summed E-state index contributed by atoms with van der Waals surface area (Å²) in [6.07, 6.45) is 0. The largest absolute Gasteiger partial charge is 0.673 e. The molecule has 0 amide bonds. The Morgan fingerprint density at radius 1 is 0.535 bits per heavy atom.